The van der Waals surface area contributed by atoms with Crippen LogP contribution in [-0.4, -0.2) is 0 Å². The second-order valence-corrected chi connectivity index (χ2v) is 3.96. The molecule has 1 rings (SSSR count). The Hall–Kier alpha value is -0.930. The maximum atomic E-state index is 13.4. The lowest BCUT2D eigenvalue weighted by Crippen LogP contribution is -2.10. The van der Waals surface area contributed by atoms with Gasteiger partial charge in [-0.25, -0.2) is 8.78 Å². The first-order valence-electron chi connectivity index (χ1n) is 4.47. The van der Waals surface area contributed by atoms with Crippen LogP contribution in [0.25, 0.3) is 0 Å². The minimum absolute atomic E-state index is 0.109. The second-order valence-electron chi connectivity index (χ2n) is 3.56. The van der Waals surface area contributed by atoms with Gasteiger partial charge in [-0.05, 0) is 26.0 Å². The summed E-state index contributed by atoms with van der Waals surface area (Å²) in [6.45, 7) is 3.67. The zero-order valence-electron chi connectivity index (χ0n) is 8.52. The molecule has 0 bridgehead atoms. The van der Waals surface area contributed by atoms with Gasteiger partial charge in [0, 0.05) is 5.56 Å². The molecule has 0 aliphatic heterocycles. The van der Waals surface area contributed by atoms with Crippen LogP contribution in [0.5, 0.6) is 0 Å². The monoisotopic (exact) mass is 231 g/mol. The molecule has 0 amide bonds. The zero-order valence-corrected chi connectivity index (χ0v) is 9.28. The maximum absolute atomic E-state index is 13.4. The van der Waals surface area contributed by atoms with E-state index in [-0.39, 0.29) is 10.6 Å². The highest BCUT2D eigenvalue weighted by atomic mass is 35.5. The maximum Gasteiger partial charge on any atom is 0.142 e. The molecule has 0 radical (unpaired) electrons. The molecule has 0 aromatic heterocycles. The average molecular weight is 232 g/mol. The highest BCUT2D eigenvalue weighted by Crippen LogP contribution is 2.23. The van der Waals surface area contributed by atoms with E-state index in [1.54, 1.807) is 6.08 Å². The van der Waals surface area contributed by atoms with Crippen molar-refractivity contribution in [3.63, 3.8) is 0 Å². The summed E-state index contributed by atoms with van der Waals surface area (Å²) >= 11 is 5.43. The molecule has 15 heavy (non-hydrogen) atoms. The molecule has 0 spiro atoms. The Morgan fingerprint density at radius 3 is 2.47 bits per heavy atom. The van der Waals surface area contributed by atoms with E-state index in [4.69, 9.17) is 17.3 Å². The third-order valence-corrected chi connectivity index (χ3v) is 2.20. The number of hydrogen-bond acceptors (Lipinski definition) is 1. The molecule has 0 saturated heterocycles. The predicted molar refractivity (Wildman–Crippen MR) is 57.7 cm³/mol. The minimum Gasteiger partial charge on any atom is -0.321 e. The fourth-order valence-corrected chi connectivity index (χ4v) is 1.39. The van der Waals surface area contributed by atoms with Gasteiger partial charge in [0.15, 0.2) is 0 Å². The van der Waals surface area contributed by atoms with Crippen molar-refractivity contribution in [2.45, 2.75) is 19.9 Å². The van der Waals surface area contributed by atoms with Gasteiger partial charge < -0.3 is 5.73 Å². The number of nitrogens with two attached hydrogens (primary N) is 1. The van der Waals surface area contributed by atoms with Crippen LogP contribution in [0.3, 0.4) is 0 Å². The van der Waals surface area contributed by atoms with Crippen molar-refractivity contribution in [2.75, 3.05) is 0 Å². The SMILES string of the molecule is CC(C)=CC(N)c1cc(F)c(Cl)cc1F. The molecular formula is C11H12ClF2N. The summed E-state index contributed by atoms with van der Waals surface area (Å²) < 4.78 is 26.5. The van der Waals surface area contributed by atoms with Gasteiger partial charge in [-0.15, -0.1) is 0 Å². The van der Waals surface area contributed by atoms with Gasteiger partial charge in [-0.2, -0.15) is 0 Å². The van der Waals surface area contributed by atoms with E-state index in [0.717, 1.165) is 17.7 Å². The molecule has 0 aliphatic rings. The van der Waals surface area contributed by atoms with E-state index < -0.39 is 17.7 Å². The standard InChI is InChI=1S/C11H12ClF2N/c1-6(2)3-11(15)7-4-10(14)8(12)5-9(7)13/h3-5,11H,15H2,1-2H3. The molecule has 0 fully saturated rings. The number of hydrogen-bond donors (Lipinski definition) is 1. The molecule has 1 aromatic carbocycles. The fraction of sp³-hybridized carbons (Fsp3) is 0.273. The molecule has 1 nitrogen and oxygen atoms in total. The van der Waals surface area contributed by atoms with Crippen molar-refractivity contribution in [3.05, 3.63) is 46.0 Å². The summed E-state index contributed by atoms with van der Waals surface area (Å²) in [5.41, 5.74) is 6.74. The molecule has 0 heterocycles. The lowest BCUT2D eigenvalue weighted by atomic mass is 10.0. The molecule has 1 atom stereocenters. The van der Waals surface area contributed by atoms with Crippen molar-refractivity contribution < 1.29 is 8.78 Å². The van der Waals surface area contributed by atoms with E-state index in [2.05, 4.69) is 0 Å². The van der Waals surface area contributed by atoms with Gasteiger partial charge in [-0.3, -0.25) is 0 Å². The smallest absolute Gasteiger partial charge is 0.142 e. The van der Waals surface area contributed by atoms with Crippen LogP contribution in [0.2, 0.25) is 5.02 Å². The van der Waals surface area contributed by atoms with E-state index in [1.165, 1.54) is 0 Å². The summed E-state index contributed by atoms with van der Waals surface area (Å²) in [6.07, 6.45) is 1.66. The zero-order chi connectivity index (χ0) is 11.6. The average Bonchev–Trinajstić information content (AvgIpc) is 2.09. The Kier molecular flexibility index (Phi) is 3.83. The lowest BCUT2D eigenvalue weighted by molar-refractivity contribution is 0.579. The van der Waals surface area contributed by atoms with Crippen molar-refractivity contribution >= 4 is 11.6 Å². The molecule has 0 saturated carbocycles. The molecule has 1 aromatic rings. The highest BCUT2D eigenvalue weighted by molar-refractivity contribution is 6.30. The van der Waals surface area contributed by atoms with Gasteiger partial charge >= 0.3 is 0 Å². The summed E-state index contributed by atoms with van der Waals surface area (Å²) in [5.74, 6) is -1.25. The Labute approximate surface area is 92.5 Å². The summed E-state index contributed by atoms with van der Waals surface area (Å²) in [4.78, 5) is 0. The van der Waals surface area contributed by atoms with Crippen LogP contribution >= 0.6 is 11.6 Å². The summed E-state index contributed by atoms with van der Waals surface area (Å²) in [6, 6.07) is 1.31. The van der Waals surface area contributed by atoms with Gasteiger partial charge in [0.1, 0.15) is 11.6 Å². The molecule has 82 valence electrons. The summed E-state index contributed by atoms with van der Waals surface area (Å²) in [5, 5.41) is -0.236. The van der Waals surface area contributed by atoms with Crippen molar-refractivity contribution in [2.24, 2.45) is 5.73 Å². The predicted octanol–water partition coefficient (Wildman–Crippen LogP) is 3.58. The quantitative estimate of drug-likeness (QED) is 0.611. The first-order chi connectivity index (χ1) is 6.91. The Balaban J connectivity index is 3.15. The number of benzene rings is 1. The number of allylic oxidation sites excluding steroid dienone is 1. The van der Waals surface area contributed by atoms with Crippen LogP contribution in [0.1, 0.15) is 25.5 Å². The topological polar surface area (TPSA) is 26.0 Å². The first-order valence-corrected chi connectivity index (χ1v) is 4.84. The Morgan fingerprint density at radius 2 is 1.93 bits per heavy atom. The molecule has 1 unspecified atom stereocenters. The normalized spacial score (nSPS) is 12.4. The van der Waals surface area contributed by atoms with E-state index in [9.17, 15) is 8.78 Å². The molecule has 4 heteroatoms. The highest BCUT2D eigenvalue weighted by Gasteiger charge is 2.13. The van der Waals surface area contributed by atoms with Crippen LogP contribution in [-0.2, 0) is 0 Å². The fourth-order valence-electron chi connectivity index (χ4n) is 1.24. The van der Waals surface area contributed by atoms with E-state index in [0.29, 0.717) is 0 Å². The Morgan fingerprint density at radius 1 is 1.33 bits per heavy atom. The number of halogens is 3. The largest absolute Gasteiger partial charge is 0.321 e. The molecular weight excluding hydrogens is 220 g/mol. The lowest BCUT2D eigenvalue weighted by Gasteiger charge is -2.10. The molecule has 0 aliphatic carbocycles. The van der Waals surface area contributed by atoms with Crippen molar-refractivity contribution in [3.8, 4) is 0 Å². The first kappa shape index (κ1) is 12.1. The van der Waals surface area contributed by atoms with Crippen molar-refractivity contribution in [1.82, 2.24) is 0 Å². The second kappa shape index (κ2) is 4.73. The Bertz CT molecular complexity index is 398. The third-order valence-electron chi connectivity index (χ3n) is 1.91. The van der Waals surface area contributed by atoms with Gasteiger partial charge in [0.05, 0.1) is 11.1 Å². The van der Waals surface area contributed by atoms with E-state index in [1.807, 2.05) is 13.8 Å². The van der Waals surface area contributed by atoms with Gasteiger partial charge in [-0.1, -0.05) is 23.3 Å². The van der Waals surface area contributed by atoms with Crippen LogP contribution in [0, 0.1) is 11.6 Å². The third kappa shape index (κ3) is 3.01. The number of rotatable bonds is 2. The van der Waals surface area contributed by atoms with Crippen LogP contribution < -0.4 is 5.73 Å². The summed E-state index contributed by atoms with van der Waals surface area (Å²) in [7, 11) is 0. The van der Waals surface area contributed by atoms with Crippen LogP contribution in [0.4, 0.5) is 8.78 Å². The van der Waals surface area contributed by atoms with Crippen molar-refractivity contribution in [1.29, 1.82) is 0 Å². The minimum atomic E-state index is -0.661. The van der Waals surface area contributed by atoms with Gasteiger partial charge in [0.25, 0.3) is 0 Å². The molecule has 2 N–H and O–H groups in total. The van der Waals surface area contributed by atoms with Gasteiger partial charge in [0.2, 0.25) is 0 Å². The van der Waals surface area contributed by atoms with E-state index >= 15 is 0 Å². The van der Waals surface area contributed by atoms with Crippen LogP contribution in [0.15, 0.2) is 23.8 Å².